The van der Waals surface area contributed by atoms with E-state index in [9.17, 15) is 40.9 Å². The van der Waals surface area contributed by atoms with Gasteiger partial charge in [-0.05, 0) is 356 Å². The van der Waals surface area contributed by atoms with Gasteiger partial charge in [0.1, 0.15) is 46.0 Å². The standard InChI is InChI=1S/C132H86O8/c133-95-57-41-87(42-58-95)127(83-33-25-79(26-34-83)81-29-37-85(38-30-81)129(89-45-61-97(135)62-46-89)117-21-9-3-15-105(117)111-77-125-113(75-123(111)129)107-17-5-11-23-119(107)131(125,91-49-65-99(137)66-50-91)92-51-67-100(138)68-52-92)115-19-7-1-13-103(115)109-73-122-110(74-121(109)127)104-14-2-8-20-116(104)128(122,88-43-59-96(134)60-44-88)84-35-27-80(28-36-84)82-31-39-86(40-32-82)130(90-47-63-98(136)64-48-90)118-22-10-4-16-106(118)112-78-126-114(76-124(112)130)108-18-6-12-24-120(108)132(126,93-53-69-101(139)70-54-93)94-55-71-102(140)72-56-94/h1-78,133-140H. The molecule has 6 aliphatic rings. The van der Waals surface area contributed by atoms with Gasteiger partial charge in [-0.3, -0.25) is 0 Å². The van der Waals surface area contributed by atoms with Crippen LogP contribution in [0.2, 0.25) is 0 Å². The number of rotatable bonds is 14. The monoisotopic (exact) mass is 1800 g/mol. The number of hydrogen-bond donors (Lipinski definition) is 8. The zero-order valence-corrected chi connectivity index (χ0v) is 75.6. The molecule has 0 saturated carbocycles. The molecule has 4 unspecified atom stereocenters. The topological polar surface area (TPSA) is 162 Å². The van der Waals surface area contributed by atoms with Crippen molar-refractivity contribution in [2.45, 2.75) is 32.5 Å². The molecule has 140 heavy (non-hydrogen) atoms. The molecule has 4 atom stereocenters. The molecule has 8 nitrogen and oxygen atoms in total. The van der Waals surface area contributed by atoms with Crippen molar-refractivity contribution in [1.82, 2.24) is 0 Å². The summed E-state index contributed by atoms with van der Waals surface area (Å²) in [5.74, 6) is 1.38. The van der Waals surface area contributed by atoms with Gasteiger partial charge in [-0.25, -0.2) is 0 Å². The van der Waals surface area contributed by atoms with Crippen molar-refractivity contribution in [1.29, 1.82) is 0 Å². The summed E-state index contributed by atoms with van der Waals surface area (Å²) < 4.78 is 0. The number of fused-ring (bicyclic) bond motifs is 18. The van der Waals surface area contributed by atoms with E-state index in [1.807, 2.05) is 72.8 Å². The lowest BCUT2D eigenvalue weighted by atomic mass is 9.65. The molecule has 8 heteroatoms. The minimum atomic E-state index is -0.903. The molecule has 21 aromatic rings. The average molecular weight is 1800 g/mol. The highest BCUT2D eigenvalue weighted by Crippen LogP contribution is 2.69. The van der Waals surface area contributed by atoms with Crippen molar-refractivity contribution < 1.29 is 40.9 Å². The third-order valence-electron chi connectivity index (χ3n) is 32.0. The van der Waals surface area contributed by atoms with Gasteiger partial charge in [-0.15, -0.1) is 0 Å². The van der Waals surface area contributed by atoms with Crippen molar-refractivity contribution in [3.8, 4) is 135 Å². The summed E-state index contributed by atoms with van der Waals surface area (Å²) in [6, 6.07) is 164. The Hall–Kier alpha value is -18.0. The van der Waals surface area contributed by atoms with E-state index in [1.54, 1.807) is 72.8 Å². The summed E-state index contributed by atoms with van der Waals surface area (Å²) in [5, 5.41) is 88.3. The zero-order chi connectivity index (χ0) is 93.9. The van der Waals surface area contributed by atoms with Crippen LogP contribution in [0.4, 0.5) is 0 Å². The van der Waals surface area contributed by atoms with Crippen LogP contribution in [0, 0.1) is 0 Å². The van der Waals surface area contributed by atoms with Crippen LogP contribution in [0.3, 0.4) is 0 Å². The van der Waals surface area contributed by atoms with Gasteiger partial charge in [0.15, 0.2) is 0 Å². The second-order valence-corrected chi connectivity index (χ2v) is 38.3. The molecular weight excluding hydrogens is 1710 g/mol. The second kappa shape index (κ2) is 30.3. The molecule has 0 aromatic heterocycles. The molecule has 8 N–H and O–H groups in total. The van der Waals surface area contributed by atoms with E-state index >= 15 is 0 Å². The first-order valence-electron chi connectivity index (χ1n) is 47.6. The third-order valence-corrected chi connectivity index (χ3v) is 32.0. The van der Waals surface area contributed by atoms with Gasteiger partial charge in [0.25, 0.3) is 0 Å². The molecule has 6 aliphatic carbocycles. The highest BCUT2D eigenvalue weighted by molar-refractivity contribution is 6.00. The fourth-order valence-electron chi connectivity index (χ4n) is 26.2. The smallest absolute Gasteiger partial charge is 0.115 e. The molecule has 0 amide bonds. The minimum absolute atomic E-state index is 0.170. The van der Waals surface area contributed by atoms with Crippen LogP contribution < -0.4 is 0 Å². The molecule has 0 aliphatic heterocycles. The molecule has 0 bridgehead atoms. The molecule has 0 heterocycles. The first kappa shape index (κ1) is 81.6. The molecule has 0 fully saturated rings. The van der Waals surface area contributed by atoms with Gasteiger partial charge in [0, 0.05) is 0 Å². The van der Waals surface area contributed by atoms with Crippen LogP contribution in [0.15, 0.2) is 473 Å². The van der Waals surface area contributed by atoms with Crippen LogP contribution in [0.5, 0.6) is 46.0 Å². The third kappa shape index (κ3) is 11.1. The Kier molecular flexibility index (Phi) is 17.6. The maximum atomic E-state index is 11.3. The van der Waals surface area contributed by atoms with Gasteiger partial charge in [0.2, 0.25) is 0 Å². The van der Waals surface area contributed by atoms with E-state index in [-0.39, 0.29) is 46.0 Å². The van der Waals surface area contributed by atoms with Gasteiger partial charge >= 0.3 is 0 Å². The summed E-state index contributed by atoms with van der Waals surface area (Å²) in [6.07, 6.45) is 0. The van der Waals surface area contributed by atoms with Crippen LogP contribution in [0.1, 0.15) is 134 Å². The van der Waals surface area contributed by atoms with E-state index in [1.165, 1.54) is 0 Å². The molecule has 0 radical (unpaired) electrons. The summed E-state index contributed by atoms with van der Waals surface area (Å²) in [6.45, 7) is 0. The Morgan fingerprint density at radius 1 is 0.100 bits per heavy atom. The predicted molar refractivity (Wildman–Crippen MR) is 554 cm³/mol. The summed E-state index contributed by atoms with van der Waals surface area (Å²) in [5.41, 5.74) is 37.3. The Morgan fingerprint density at radius 3 is 0.329 bits per heavy atom. The number of phenolic OH excluding ortho intramolecular Hbond substituents is 8. The maximum absolute atomic E-state index is 11.3. The van der Waals surface area contributed by atoms with Gasteiger partial charge in [0.05, 0.1) is 32.5 Å². The minimum Gasteiger partial charge on any atom is -0.508 e. The van der Waals surface area contributed by atoms with Crippen molar-refractivity contribution in [3.05, 3.63) is 607 Å². The second-order valence-electron chi connectivity index (χ2n) is 38.3. The lowest BCUT2D eigenvalue weighted by Crippen LogP contribution is -2.30. The van der Waals surface area contributed by atoms with Crippen molar-refractivity contribution in [2.24, 2.45) is 0 Å². The molecule has 27 rings (SSSR count). The normalized spacial score (nSPS) is 17.6. The largest absolute Gasteiger partial charge is 0.508 e. The predicted octanol–water partition coefficient (Wildman–Crippen LogP) is 28.8. The molecule has 21 aromatic carbocycles. The Balaban J connectivity index is 0.576. The van der Waals surface area contributed by atoms with Crippen LogP contribution in [-0.4, -0.2) is 40.9 Å². The lowest BCUT2D eigenvalue weighted by Gasteiger charge is -2.36. The summed E-state index contributed by atoms with van der Waals surface area (Å²) in [7, 11) is 0. The lowest BCUT2D eigenvalue weighted by molar-refractivity contribution is 0.473. The molecular formula is C132H86O8. The first-order valence-corrected chi connectivity index (χ1v) is 47.6. The van der Waals surface area contributed by atoms with Gasteiger partial charge < -0.3 is 40.9 Å². The SMILES string of the molecule is Oc1ccc(C2(c3ccc(O)cc3)c3ccccc3-c3cc4c(cc32)-c2ccccc2C4(c2ccc(O)cc2)c2ccc(-c3ccc(C4(c5ccc(O)cc5)c5ccccc5-c5cc6c(cc54)-c4ccccc4C6(c4ccc(O)cc4)c4ccc(-c5ccc(C6(c7ccc(O)cc7)c7ccccc7-c7cc8c(cc76)-c6ccccc6C8(c6ccc(O)cc6)c6ccc(O)cc6)cc5)cc4)cc3)cc2)cc1. The van der Waals surface area contributed by atoms with E-state index < -0.39 is 32.5 Å². The number of phenols is 8. The van der Waals surface area contributed by atoms with E-state index in [4.69, 9.17) is 0 Å². The highest BCUT2D eigenvalue weighted by atomic mass is 16.3. The number of benzene rings is 21. The summed E-state index contributed by atoms with van der Waals surface area (Å²) >= 11 is 0. The van der Waals surface area contributed by atoms with Gasteiger partial charge in [-0.1, -0.05) is 340 Å². The maximum Gasteiger partial charge on any atom is 0.115 e. The number of aromatic hydroxyl groups is 8. The molecule has 0 saturated heterocycles. The Bertz CT molecular complexity index is 8070. The highest BCUT2D eigenvalue weighted by Gasteiger charge is 2.57. The Labute approximate surface area is 809 Å². The van der Waals surface area contributed by atoms with Crippen molar-refractivity contribution >= 4 is 0 Å². The van der Waals surface area contributed by atoms with E-state index in [2.05, 4.69) is 328 Å². The van der Waals surface area contributed by atoms with E-state index in [0.717, 1.165) is 223 Å². The van der Waals surface area contributed by atoms with Crippen molar-refractivity contribution in [3.63, 3.8) is 0 Å². The van der Waals surface area contributed by atoms with Crippen LogP contribution in [0.25, 0.3) is 89.0 Å². The number of hydrogen-bond acceptors (Lipinski definition) is 8. The Morgan fingerprint density at radius 2 is 0.207 bits per heavy atom. The van der Waals surface area contributed by atoms with Gasteiger partial charge in [-0.2, -0.15) is 0 Å². The van der Waals surface area contributed by atoms with Crippen LogP contribution >= 0.6 is 0 Å². The molecule has 662 valence electrons. The van der Waals surface area contributed by atoms with Crippen molar-refractivity contribution in [2.75, 3.05) is 0 Å². The first-order chi connectivity index (χ1) is 68.6. The summed E-state index contributed by atoms with van der Waals surface area (Å²) in [4.78, 5) is 0. The zero-order valence-electron chi connectivity index (χ0n) is 75.6. The quantitative estimate of drug-likeness (QED) is 0.0534. The molecule has 0 spiro atoms. The fraction of sp³-hybridized carbons (Fsp3) is 0.0455. The van der Waals surface area contributed by atoms with Crippen LogP contribution in [-0.2, 0) is 32.5 Å². The van der Waals surface area contributed by atoms with E-state index in [0.29, 0.717) is 0 Å². The average Bonchev–Trinajstić information content (AvgIpc) is 1.51. The fourth-order valence-corrected chi connectivity index (χ4v) is 26.2.